The second kappa shape index (κ2) is 6.58. The summed E-state index contributed by atoms with van der Waals surface area (Å²) in [6, 6.07) is 17.5. The van der Waals surface area contributed by atoms with E-state index in [4.69, 9.17) is 16.0 Å². The predicted molar refractivity (Wildman–Crippen MR) is 108 cm³/mol. The number of nitrogens with one attached hydrogen (secondary N) is 1. The first-order valence-electron chi connectivity index (χ1n) is 8.09. The van der Waals surface area contributed by atoms with Crippen LogP contribution in [0, 0.1) is 0 Å². The van der Waals surface area contributed by atoms with Crippen molar-refractivity contribution in [1.82, 2.24) is 9.55 Å². The van der Waals surface area contributed by atoms with Crippen molar-refractivity contribution in [3.05, 3.63) is 83.0 Å². The largest absolute Gasteiger partial charge is 0.439 e. The van der Waals surface area contributed by atoms with Gasteiger partial charge in [-0.15, -0.1) is 0 Å². The second-order valence-electron chi connectivity index (χ2n) is 5.71. The maximum atomic E-state index is 6.48. The molecule has 0 fully saturated rings. The number of hydrogen-bond donors (Lipinski definition) is 1. The molecule has 26 heavy (non-hydrogen) atoms. The number of anilines is 2. The minimum Gasteiger partial charge on any atom is -0.439 e. The van der Waals surface area contributed by atoms with Crippen molar-refractivity contribution in [2.24, 2.45) is 0 Å². The van der Waals surface area contributed by atoms with E-state index in [1.165, 1.54) is 0 Å². The van der Waals surface area contributed by atoms with Gasteiger partial charge in [0.2, 0.25) is 11.8 Å². The molecule has 0 bridgehead atoms. The van der Waals surface area contributed by atoms with Crippen molar-refractivity contribution in [3.63, 3.8) is 0 Å². The van der Waals surface area contributed by atoms with E-state index in [1.54, 1.807) is 6.08 Å². The summed E-state index contributed by atoms with van der Waals surface area (Å²) in [6.07, 6.45) is 3.58. The van der Waals surface area contributed by atoms with Crippen LogP contribution < -0.4 is 16.0 Å². The third-order valence-electron chi connectivity index (χ3n) is 4.04. The van der Waals surface area contributed by atoms with E-state index in [2.05, 4.69) is 23.5 Å². The molecule has 0 amide bonds. The molecule has 0 saturated heterocycles. The fourth-order valence-corrected chi connectivity index (χ4v) is 3.12. The molecule has 2 aromatic heterocycles. The van der Waals surface area contributed by atoms with Crippen LogP contribution in [-0.4, -0.2) is 9.55 Å². The molecule has 1 N–H and O–H groups in total. The summed E-state index contributed by atoms with van der Waals surface area (Å²) in [5.74, 6) is 1.01. The molecule has 2 aromatic carbocycles. The van der Waals surface area contributed by atoms with Gasteiger partial charge in [-0.2, -0.15) is 0 Å². The Bertz CT molecular complexity index is 1210. The molecule has 0 aliphatic heterocycles. The fourth-order valence-electron chi connectivity index (χ4n) is 2.88. The minimum atomic E-state index is 0.445. The van der Waals surface area contributed by atoms with E-state index in [-0.39, 0.29) is 0 Å². The number of allylic oxidation sites excluding steroid dienone is 1. The first-order valence-corrected chi connectivity index (χ1v) is 8.47. The molecule has 4 nitrogen and oxygen atoms in total. The van der Waals surface area contributed by atoms with Gasteiger partial charge in [0, 0.05) is 11.1 Å². The Kier molecular flexibility index (Phi) is 4.11. The van der Waals surface area contributed by atoms with Crippen LogP contribution in [0.25, 0.3) is 29.3 Å². The minimum absolute atomic E-state index is 0.445. The average Bonchev–Trinajstić information content (AvgIpc) is 3.14. The number of hydrogen-bond acceptors (Lipinski definition) is 3. The Labute approximate surface area is 155 Å². The highest BCUT2D eigenvalue weighted by molar-refractivity contribution is 6.38. The summed E-state index contributed by atoms with van der Waals surface area (Å²) in [5, 5.41) is 6.04. The number of imidazole rings is 1. The number of nitrogens with zero attached hydrogens (tertiary/aromatic N) is 2. The maximum absolute atomic E-state index is 6.48. The number of halogens is 1. The zero-order valence-electron chi connectivity index (χ0n) is 13.9. The van der Waals surface area contributed by atoms with Crippen LogP contribution in [0.3, 0.4) is 0 Å². The molecule has 0 radical (unpaired) electrons. The number of aromatic nitrogens is 2. The smallest absolute Gasteiger partial charge is 0.219 e. The molecular weight excluding hydrogens is 346 g/mol. The second-order valence-corrected chi connectivity index (χ2v) is 6.08. The molecule has 0 atom stereocenters. The van der Waals surface area contributed by atoms with Gasteiger partial charge in [-0.05, 0) is 30.3 Å². The van der Waals surface area contributed by atoms with Crippen LogP contribution in [0.2, 0.25) is 5.02 Å². The van der Waals surface area contributed by atoms with Gasteiger partial charge < -0.3 is 4.42 Å². The normalized spacial score (nSPS) is 11.8. The highest BCUT2D eigenvalue weighted by atomic mass is 35.5. The van der Waals surface area contributed by atoms with Crippen molar-refractivity contribution >= 4 is 47.1 Å². The Hall–Kier alpha value is -3.24. The SMILES string of the molecule is C=C/C=c1\c(=C)nc(Nc2oc3ccccc3c2Cl)n1-c1ccccc1. The van der Waals surface area contributed by atoms with Gasteiger partial charge in [0.05, 0.1) is 10.7 Å². The molecular formula is C21H16ClN3O. The molecule has 2 heterocycles. The van der Waals surface area contributed by atoms with Crippen LogP contribution in [0.1, 0.15) is 0 Å². The first-order chi connectivity index (χ1) is 12.7. The van der Waals surface area contributed by atoms with E-state index in [1.807, 2.05) is 65.2 Å². The van der Waals surface area contributed by atoms with Crippen molar-refractivity contribution in [1.29, 1.82) is 0 Å². The van der Waals surface area contributed by atoms with Crippen molar-refractivity contribution in [2.45, 2.75) is 0 Å². The summed E-state index contributed by atoms with van der Waals surface area (Å²) in [4.78, 5) is 4.56. The fraction of sp³-hybridized carbons (Fsp3) is 0. The third-order valence-corrected chi connectivity index (χ3v) is 4.41. The molecule has 4 rings (SSSR count). The third kappa shape index (κ3) is 2.70. The molecule has 0 saturated carbocycles. The summed E-state index contributed by atoms with van der Waals surface area (Å²) >= 11 is 6.48. The summed E-state index contributed by atoms with van der Waals surface area (Å²) in [5.41, 5.74) is 1.66. The van der Waals surface area contributed by atoms with Crippen LogP contribution in [0.4, 0.5) is 11.8 Å². The van der Waals surface area contributed by atoms with Gasteiger partial charge in [-0.1, -0.05) is 61.2 Å². The van der Waals surface area contributed by atoms with E-state index >= 15 is 0 Å². The zero-order valence-corrected chi connectivity index (χ0v) is 14.7. The number of furan rings is 1. The molecule has 0 spiro atoms. The molecule has 0 aliphatic carbocycles. The zero-order chi connectivity index (χ0) is 18.1. The lowest BCUT2D eigenvalue weighted by Crippen LogP contribution is -2.28. The summed E-state index contributed by atoms with van der Waals surface area (Å²) in [7, 11) is 0. The van der Waals surface area contributed by atoms with Crippen LogP contribution >= 0.6 is 11.6 Å². The van der Waals surface area contributed by atoms with E-state index < -0.39 is 0 Å². The quantitative estimate of drug-likeness (QED) is 0.586. The van der Waals surface area contributed by atoms with Crippen molar-refractivity contribution < 1.29 is 4.42 Å². The summed E-state index contributed by atoms with van der Waals surface area (Å²) in [6.45, 7) is 7.82. The molecule has 5 heteroatoms. The topological polar surface area (TPSA) is 43.0 Å². The average molecular weight is 362 g/mol. The van der Waals surface area contributed by atoms with Crippen molar-refractivity contribution in [2.75, 3.05) is 5.32 Å². The molecule has 4 aromatic rings. The molecule has 0 aliphatic rings. The lowest BCUT2D eigenvalue weighted by Gasteiger charge is -2.09. The van der Waals surface area contributed by atoms with Crippen LogP contribution in [0.15, 0.2) is 71.7 Å². The van der Waals surface area contributed by atoms with E-state index in [0.29, 0.717) is 27.8 Å². The maximum Gasteiger partial charge on any atom is 0.219 e. The number of benzene rings is 2. The highest BCUT2D eigenvalue weighted by Crippen LogP contribution is 2.35. The lowest BCUT2D eigenvalue weighted by molar-refractivity contribution is 0.632. The van der Waals surface area contributed by atoms with Gasteiger partial charge in [0.1, 0.15) is 10.6 Å². The van der Waals surface area contributed by atoms with Gasteiger partial charge in [-0.3, -0.25) is 9.88 Å². The number of para-hydroxylation sites is 2. The van der Waals surface area contributed by atoms with Gasteiger partial charge in [-0.25, -0.2) is 4.98 Å². The Morgan fingerprint density at radius 1 is 1.08 bits per heavy atom. The summed E-state index contributed by atoms with van der Waals surface area (Å²) < 4.78 is 7.81. The molecule has 0 unspecified atom stereocenters. The lowest BCUT2D eigenvalue weighted by atomic mass is 10.2. The van der Waals surface area contributed by atoms with Gasteiger partial charge >= 0.3 is 0 Å². The van der Waals surface area contributed by atoms with Crippen LogP contribution in [0.5, 0.6) is 0 Å². The monoisotopic (exact) mass is 361 g/mol. The number of rotatable bonds is 4. The standard InChI is InChI=1S/C21H16ClN3O/c1-3-9-17-14(2)23-21(25(17)15-10-5-4-6-11-15)24-20-19(22)16-12-7-8-13-18(16)26-20/h3-13H,1-2H2,(H,23,24)/b17-9+. The Morgan fingerprint density at radius 3 is 2.54 bits per heavy atom. The molecule has 128 valence electrons. The van der Waals surface area contributed by atoms with Gasteiger partial charge in [0.15, 0.2) is 0 Å². The van der Waals surface area contributed by atoms with Crippen LogP contribution in [-0.2, 0) is 0 Å². The van der Waals surface area contributed by atoms with E-state index in [9.17, 15) is 0 Å². The predicted octanol–water partition coefficient (Wildman–Crippen LogP) is 4.39. The Morgan fingerprint density at radius 2 is 1.81 bits per heavy atom. The van der Waals surface area contributed by atoms with E-state index in [0.717, 1.165) is 16.4 Å². The Balaban J connectivity index is 1.90. The van der Waals surface area contributed by atoms with Crippen molar-refractivity contribution in [3.8, 4) is 5.69 Å². The number of fused-ring (bicyclic) bond motifs is 1. The first kappa shape index (κ1) is 16.2. The highest BCUT2D eigenvalue weighted by Gasteiger charge is 2.16. The van der Waals surface area contributed by atoms with Gasteiger partial charge in [0.25, 0.3) is 0 Å².